The molecule has 0 aliphatic heterocycles. The van der Waals surface area contributed by atoms with Crippen molar-refractivity contribution in [3.05, 3.63) is 66.9 Å². The molecule has 3 rings (SSSR count). The fourth-order valence-corrected chi connectivity index (χ4v) is 1.99. The molecule has 0 aliphatic rings. The van der Waals surface area contributed by atoms with Crippen molar-refractivity contribution in [2.24, 2.45) is 0 Å². The molecule has 2 aromatic heterocycles. The van der Waals surface area contributed by atoms with Crippen LogP contribution < -0.4 is 0 Å². The van der Waals surface area contributed by atoms with Gasteiger partial charge in [0.15, 0.2) is 5.65 Å². The van der Waals surface area contributed by atoms with Crippen molar-refractivity contribution in [3.63, 3.8) is 0 Å². The van der Waals surface area contributed by atoms with E-state index in [-0.39, 0.29) is 5.92 Å². The van der Waals surface area contributed by atoms with E-state index < -0.39 is 0 Å². The third-order valence-electron chi connectivity index (χ3n) is 2.87. The van der Waals surface area contributed by atoms with Crippen LogP contribution in [0.2, 0.25) is 0 Å². The highest BCUT2D eigenvalue weighted by Crippen LogP contribution is 2.24. The summed E-state index contributed by atoms with van der Waals surface area (Å²) < 4.78 is 0. The van der Waals surface area contributed by atoms with Crippen molar-refractivity contribution in [2.75, 3.05) is 0 Å². The molecular weight excluding hydrogens is 224 g/mol. The van der Waals surface area contributed by atoms with Gasteiger partial charge in [-0.05, 0) is 5.56 Å². The smallest absolute Gasteiger partial charge is 0.160 e. The Bertz CT molecular complexity index is 639. The Balaban J connectivity index is 2.09. The second-order valence-corrected chi connectivity index (χ2v) is 4.00. The van der Waals surface area contributed by atoms with Gasteiger partial charge in [-0.1, -0.05) is 36.4 Å². The van der Waals surface area contributed by atoms with Crippen LogP contribution in [0.5, 0.6) is 0 Å². The first-order valence-corrected chi connectivity index (χ1v) is 5.71. The number of aromatic amines is 1. The summed E-state index contributed by atoms with van der Waals surface area (Å²) in [5.74, 6) is 0.882. The van der Waals surface area contributed by atoms with E-state index in [4.69, 9.17) is 0 Å². The SMILES string of the molecule is C=CC(c1ccccc1)c1nc2cncnc2[nH]1. The van der Waals surface area contributed by atoms with E-state index in [0.717, 1.165) is 22.6 Å². The maximum Gasteiger partial charge on any atom is 0.160 e. The van der Waals surface area contributed by atoms with Crippen molar-refractivity contribution in [1.29, 1.82) is 0 Å². The predicted octanol–water partition coefficient (Wildman–Crippen LogP) is 2.67. The van der Waals surface area contributed by atoms with E-state index in [9.17, 15) is 0 Å². The zero-order valence-electron chi connectivity index (χ0n) is 9.74. The molecule has 0 amide bonds. The fourth-order valence-electron chi connectivity index (χ4n) is 1.99. The molecule has 1 N–H and O–H groups in total. The quantitative estimate of drug-likeness (QED) is 0.711. The normalized spacial score (nSPS) is 12.4. The largest absolute Gasteiger partial charge is 0.326 e. The highest BCUT2D eigenvalue weighted by atomic mass is 15.0. The van der Waals surface area contributed by atoms with Crippen molar-refractivity contribution in [2.45, 2.75) is 5.92 Å². The Morgan fingerprint density at radius 2 is 2.06 bits per heavy atom. The van der Waals surface area contributed by atoms with Gasteiger partial charge in [0, 0.05) is 0 Å². The minimum atomic E-state index is 0.0420. The minimum Gasteiger partial charge on any atom is -0.326 e. The van der Waals surface area contributed by atoms with Gasteiger partial charge in [-0.15, -0.1) is 6.58 Å². The number of aromatic nitrogens is 4. The van der Waals surface area contributed by atoms with Crippen LogP contribution >= 0.6 is 0 Å². The van der Waals surface area contributed by atoms with Gasteiger partial charge in [0.1, 0.15) is 17.7 Å². The zero-order valence-corrected chi connectivity index (χ0v) is 9.74. The van der Waals surface area contributed by atoms with Crippen LogP contribution in [0, 0.1) is 0 Å². The van der Waals surface area contributed by atoms with Crippen LogP contribution in [0.25, 0.3) is 11.2 Å². The third-order valence-corrected chi connectivity index (χ3v) is 2.87. The van der Waals surface area contributed by atoms with E-state index >= 15 is 0 Å². The van der Waals surface area contributed by atoms with Gasteiger partial charge in [-0.25, -0.2) is 15.0 Å². The summed E-state index contributed by atoms with van der Waals surface area (Å²) in [6, 6.07) is 10.1. The Morgan fingerprint density at radius 1 is 1.22 bits per heavy atom. The van der Waals surface area contributed by atoms with E-state index in [1.165, 1.54) is 6.33 Å². The second-order valence-electron chi connectivity index (χ2n) is 4.00. The van der Waals surface area contributed by atoms with Crippen LogP contribution in [-0.2, 0) is 0 Å². The van der Waals surface area contributed by atoms with Gasteiger partial charge in [0.2, 0.25) is 0 Å². The van der Waals surface area contributed by atoms with E-state index in [1.807, 2.05) is 24.3 Å². The van der Waals surface area contributed by atoms with Gasteiger partial charge in [-0.2, -0.15) is 0 Å². The Hall–Kier alpha value is -2.49. The molecule has 18 heavy (non-hydrogen) atoms. The second kappa shape index (κ2) is 4.41. The number of nitrogens with zero attached hydrogens (tertiary/aromatic N) is 3. The zero-order chi connectivity index (χ0) is 12.4. The molecule has 0 bridgehead atoms. The van der Waals surface area contributed by atoms with Crippen molar-refractivity contribution < 1.29 is 0 Å². The third kappa shape index (κ3) is 1.78. The van der Waals surface area contributed by atoms with Crippen LogP contribution in [0.15, 0.2) is 55.5 Å². The molecule has 4 heteroatoms. The summed E-state index contributed by atoms with van der Waals surface area (Å²) in [7, 11) is 0. The standard InChI is InChI=1S/C14H12N4/c1-2-11(10-6-4-3-5-7-10)13-17-12-8-15-9-16-14(12)18-13/h2-9,11H,1H2,(H,15,16,17,18). The molecule has 0 aliphatic carbocycles. The van der Waals surface area contributed by atoms with Gasteiger partial charge in [0.25, 0.3) is 0 Å². The molecule has 2 heterocycles. The predicted molar refractivity (Wildman–Crippen MR) is 70.2 cm³/mol. The summed E-state index contributed by atoms with van der Waals surface area (Å²) in [5, 5.41) is 0. The molecule has 88 valence electrons. The summed E-state index contributed by atoms with van der Waals surface area (Å²) in [6.45, 7) is 3.89. The van der Waals surface area contributed by atoms with Crippen LogP contribution in [0.4, 0.5) is 0 Å². The van der Waals surface area contributed by atoms with Crippen LogP contribution in [0.1, 0.15) is 17.3 Å². The number of hydrogen-bond acceptors (Lipinski definition) is 3. The molecule has 0 saturated heterocycles. The number of fused-ring (bicyclic) bond motifs is 1. The summed E-state index contributed by atoms with van der Waals surface area (Å²) in [5.41, 5.74) is 2.68. The Kier molecular flexibility index (Phi) is 2.61. The molecule has 0 spiro atoms. The fraction of sp³-hybridized carbons (Fsp3) is 0.0714. The van der Waals surface area contributed by atoms with Crippen molar-refractivity contribution in [3.8, 4) is 0 Å². The molecule has 0 radical (unpaired) electrons. The van der Waals surface area contributed by atoms with Gasteiger partial charge in [-0.3, -0.25) is 0 Å². The number of nitrogens with one attached hydrogen (secondary N) is 1. The Labute approximate surface area is 104 Å². The summed E-state index contributed by atoms with van der Waals surface area (Å²) in [4.78, 5) is 15.8. The van der Waals surface area contributed by atoms with E-state index in [0.29, 0.717) is 0 Å². The van der Waals surface area contributed by atoms with Crippen molar-refractivity contribution >= 4 is 11.2 Å². The molecule has 0 fully saturated rings. The molecule has 1 aromatic carbocycles. The number of imidazole rings is 1. The molecule has 0 saturated carbocycles. The molecular formula is C14H12N4. The lowest BCUT2D eigenvalue weighted by Crippen LogP contribution is -1.99. The van der Waals surface area contributed by atoms with E-state index in [2.05, 4.69) is 38.6 Å². The van der Waals surface area contributed by atoms with Crippen LogP contribution in [0.3, 0.4) is 0 Å². The first-order valence-electron chi connectivity index (χ1n) is 5.71. The lowest BCUT2D eigenvalue weighted by Gasteiger charge is -2.09. The highest BCUT2D eigenvalue weighted by Gasteiger charge is 2.14. The minimum absolute atomic E-state index is 0.0420. The molecule has 3 aromatic rings. The first-order chi connectivity index (χ1) is 8.88. The number of hydrogen-bond donors (Lipinski definition) is 1. The van der Waals surface area contributed by atoms with Crippen molar-refractivity contribution in [1.82, 2.24) is 19.9 Å². The highest BCUT2D eigenvalue weighted by molar-refractivity contribution is 5.69. The lowest BCUT2D eigenvalue weighted by atomic mass is 9.99. The molecule has 1 unspecified atom stereocenters. The molecule has 1 atom stereocenters. The maximum absolute atomic E-state index is 4.51. The average molecular weight is 236 g/mol. The number of allylic oxidation sites excluding steroid dienone is 1. The number of rotatable bonds is 3. The summed E-state index contributed by atoms with van der Waals surface area (Å²) >= 11 is 0. The van der Waals surface area contributed by atoms with E-state index in [1.54, 1.807) is 6.20 Å². The van der Waals surface area contributed by atoms with Gasteiger partial charge >= 0.3 is 0 Å². The average Bonchev–Trinajstić information content (AvgIpc) is 2.84. The lowest BCUT2D eigenvalue weighted by molar-refractivity contribution is 0.924. The number of benzene rings is 1. The Morgan fingerprint density at radius 3 is 2.78 bits per heavy atom. The topological polar surface area (TPSA) is 54.5 Å². The monoisotopic (exact) mass is 236 g/mol. The van der Waals surface area contributed by atoms with Gasteiger partial charge < -0.3 is 4.98 Å². The van der Waals surface area contributed by atoms with Gasteiger partial charge in [0.05, 0.1) is 12.1 Å². The summed E-state index contributed by atoms with van der Waals surface area (Å²) in [6.07, 6.45) is 5.09. The van der Waals surface area contributed by atoms with Crippen LogP contribution in [-0.4, -0.2) is 19.9 Å². The number of H-pyrrole nitrogens is 1. The first kappa shape index (κ1) is 10.7. The molecule has 4 nitrogen and oxygen atoms in total. The maximum atomic E-state index is 4.51.